The Morgan fingerprint density at radius 3 is 2.75 bits per heavy atom. The molecular formula is C21H23N3. The van der Waals surface area contributed by atoms with Gasteiger partial charge in [0.25, 0.3) is 0 Å². The summed E-state index contributed by atoms with van der Waals surface area (Å²) >= 11 is 0. The van der Waals surface area contributed by atoms with Crippen molar-refractivity contribution in [2.45, 2.75) is 26.8 Å². The Morgan fingerprint density at radius 2 is 1.96 bits per heavy atom. The lowest BCUT2D eigenvalue weighted by molar-refractivity contribution is 0.312. The summed E-state index contributed by atoms with van der Waals surface area (Å²) in [5.41, 5.74) is 8.07. The van der Waals surface area contributed by atoms with Gasteiger partial charge >= 0.3 is 0 Å². The fourth-order valence-corrected chi connectivity index (χ4v) is 3.67. The number of aromatic nitrogens is 2. The van der Waals surface area contributed by atoms with Crippen LogP contribution in [0.25, 0.3) is 22.7 Å². The van der Waals surface area contributed by atoms with Gasteiger partial charge in [0.1, 0.15) is 0 Å². The smallest absolute Gasteiger partial charge is 0.0529 e. The summed E-state index contributed by atoms with van der Waals surface area (Å²) in [6, 6.07) is 11.0. The molecule has 0 saturated heterocycles. The lowest BCUT2D eigenvalue weighted by Gasteiger charge is -2.23. The summed E-state index contributed by atoms with van der Waals surface area (Å²) < 4.78 is 2.41. The zero-order chi connectivity index (χ0) is 16.7. The monoisotopic (exact) mass is 317 g/mol. The van der Waals surface area contributed by atoms with E-state index in [1.54, 1.807) is 0 Å². The minimum Gasteiger partial charge on any atom is -0.320 e. The van der Waals surface area contributed by atoms with Gasteiger partial charge in [-0.1, -0.05) is 11.6 Å². The highest BCUT2D eigenvalue weighted by atomic mass is 15.1. The number of hydrogen-bond donors (Lipinski definition) is 0. The number of likely N-dealkylation sites (N-methyl/N-ethyl adjacent to an activating group) is 1. The van der Waals surface area contributed by atoms with Gasteiger partial charge in [0.05, 0.1) is 5.52 Å². The lowest BCUT2D eigenvalue weighted by atomic mass is 10.0. The normalized spacial score (nSPS) is 15.7. The van der Waals surface area contributed by atoms with Gasteiger partial charge in [-0.25, -0.2) is 0 Å². The van der Waals surface area contributed by atoms with Crippen molar-refractivity contribution in [1.29, 1.82) is 0 Å². The van der Waals surface area contributed by atoms with Crippen molar-refractivity contribution in [3.8, 4) is 0 Å². The predicted molar refractivity (Wildman–Crippen MR) is 101 cm³/mol. The van der Waals surface area contributed by atoms with Crippen LogP contribution in [-0.4, -0.2) is 28.0 Å². The number of fused-ring (bicyclic) bond motifs is 3. The first-order valence-electron chi connectivity index (χ1n) is 8.53. The van der Waals surface area contributed by atoms with Crippen molar-refractivity contribution < 1.29 is 0 Å². The molecule has 3 heteroatoms. The second kappa shape index (κ2) is 5.91. The van der Waals surface area contributed by atoms with Gasteiger partial charge in [-0.2, -0.15) is 0 Å². The third-order valence-electron chi connectivity index (χ3n) is 4.99. The number of allylic oxidation sites excluding steroid dienone is 1. The van der Waals surface area contributed by atoms with Crippen LogP contribution < -0.4 is 0 Å². The first-order valence-corrected chi connectivity index (χ1v) is 8.53. The van der Waals surface area contributed by atoms with Gasteiger partial charge in [-0.3, -0.25) is 4.98 Å². The van der Waals surface area contributed by atoms with Crippen LogP contribution >= 0.6 is 0 Å². The molecule has 3 nitrogen and oxygen atoms in total. The molecule has 4 rings (SSSR count). The van der Waals surface area contributed by atoms with Crippen LogP contribution in [0.5, 0.6) is 0 Å². The van der Waals surface area contributed by atoms with Crippen molar-refractivity contribution in [1.82, 2.24) is 14.5 Å². The summed E-state index contributed by atoms with van der Waals surface area (Å²) in [6.07, 6.45) is 7.10. The van der Waals surface area contributed by atoms with E-state index in [0.29, 0.717) is 0 Å². The van der Waals surface area contributed by atoms with Crippen LogP contribution in [-0.2, 0) is 13.0 Å². The molecular weight excluding hydrogens is 294 g/mol. The largest absolute Gasteiger partial charge is 0.320 e. The number of nitrogens with zero attached hydrogens (tertiary/aromatic N) is 3. The molecule has 24 heavy (non-hydrogen) atoms. The average Bonchev–Trinajstić information content (AvgIpc) is 2.88. The number of rotatable bonds is 2. The Hall–Kier alpha value is -2.39. The molecule has 0 unspecified atom stereocenters. The summed E-state index contributed by atoms with van der Waals surface area (Å²) in [6.45, 7) is 6.50. The molecule has 0 amide bonds. The van der Waals surface area contributed by atoms with Crippen LogP contribution in [0.1, 0.15) is 29.3 Å². The van der Waals surface area contributed by atoms with Gasteiger partial charge in [0.15, 0.2) is 0 Å². The van der Waals surface area contributed by atoms with Gasteiger partial charge in [0.2, 0.25) is 0 Å². The van der Waals surface area contributed by atoms with Crippen LogP contribution in [0.3, 0.4) is 0 Å². The van der Waals surface area contributed by atoms with Crippen molar-refractivity contribution >= 4 is 22.7 Å². The molecule has 3 heterocycles. The molecule has 0 bridgehead atoms. The van der Waals surface area contributed by atoms with Crippen LogP contribution in [0, 0.1) is 6.92 Å². The average molecular weight is 317 g/mol. The SMILES string of the molecule is C/C(=C/n1c2c(c3cc(C)ccc31)CN(C)CC2)c1ccncc1. The quantitative estimate of drug-likeness (QED) is 0.700. The van der Waals surface area contributed by atoms with Crippen molar-refractivity contribution in [3.05, 3.63) is 65.1 Å². The molecule has 0 atom stereocenters. The minimum absolute atomic E-state index is 1.03. The Balaban J connectivity index is 1.92. The van der Waals surface area contributed by atoms with E-state index >= 15 is 0 Å². The molecule has 0 fully saturated rings. The zero-order valence-electron chi connectivity index (χ0n) is 14.6. The summed E-state index contributed by atoms with van der Waals surface area (Å²) in [7, 11) is 2.21. The second-order valence-corrected chi connectivity index (χ2v) is 6.85. The van der Waals surface area contributed by atoms with E-state index in [-0.39, 0.29) is 0 Å². The van der Waals surface area contributed by atoms with E-state index in [1.165, 1.54) is 38.9 Å². The maximum Gasteiger partial charge on any atom is 0.0529 e. The Bertz CT molecular complexity index is 919. The van der Waals surface area contributed by atoms with E-state index in [1.807, 2.05) is 12.4 Å². The molecule has 0 N–H and O–H groups in total. The maximum atomic E-state index is 4.12. The third-order valence-corrected chi connectivity index (χ3v) is 4.99. The Kier molecular flexibility index (Phi) is 3.73. The molecule has 1 aliphatic rings. The van der Waals surface area contributed by atoms with E-state index in [9.17, 15) is 0 Å². The number of hydrogen-bond acceptors (Lipinski definition) is 2. The molecule has 1 aromatic carbocycles. The topological polar surface area (TPSA) is 21.1 Å². The number of aryl methyl sites for hydroxylation is 1. The second-order valence-electron chi connectivity index (χ2n) is 6.85. The predicted octanol–water partition coefficient (Wildman–Crippen LogP) is 4.35. The van der Waals surface area contributed by atoms with Gasteiger partial charge in [-0.15, -0.1) is 0 Å². The highest BCUT2D eigenvalue weighted by molar-refractivity contribution is 5.90. The highest BCUT2D eigenvalue weighted by Crippen LogP contribution is 2.32. The zero-order valence-corrected chi connectivity index (χ0v) is 14.6. The first-order chi connectivity index (χ1) is 11.6. The third kappa shape index (κ3) is 2.55. The summed E-state index contributed by atoms with van der Waals surface area (Å²) in [5.74, 6) is 0. The van der Waals surface area contributed by atoms with E-state index in [2.05, 4.69) is 71.9 Å². The molecule has 0 radical (unpaired) electrons. The van der Waals surface area contributed by atoms with Crippen molar-refractivity contribution in [2.24, 2.45) is 0 Å². The Labute approximate surface area is 143 Å². The number of pyridine rings is 1. The molecule has 2 aromatic heterocycles. The first kappa shape index (κ1) is 15.2. The molecule has 0 aliphatic carbocycles. The molecule has 3 aromatic rings. The van der Waals surface area contributed by atoms with Crippen LogP contribution in [0.4, 0.5) is 0 Å². The molecule has 122 valence electrons. The van der Waals surface area contributed by atoms with Gasteiger partial charge < -0.3 is 9.47 Å². The molecule has 0 spiro atoms. The maximum absolute atomic E-state index is 4.12. The van der Waals surface area contributed by atoms with Crippen molar-refractivity contribution in [2.75, 3.05) is 13.6 Å². The van der Waals surface area contributed by atoms with E-state index in [0.717, 1.165) is 19.5 Å². The summed E-state index contributed by atoms with van der Waals surface area (Å²) in [4.78, 5) is 6.53. The van der Waals surface area contributed by atoms with Crippen LogP contribution in [0.2, 0.25) is 0 Å². The van der Waals surface area contributed by atoms with E-state index < -0.39 is 0 Å². The summed E-state index contributed by atoms with van der Waals surface area (Å²) in [5, 5.41) is 1.40. The lowest BCUT2D eigenvalue weighted by Crippen LogP contribution is -2.26. The fourth-order valence-electron chi connectivity index (χ4n) is 3.67. The van der Waals surface area contributed by atoms with Gasteiger partial charge in [-0.05, 0) is 61.9 Å². The molecule has 1 aliphatic heterocycles. The Morgan fingerprint density at radius 1 is 1.17 bits per heavy atom. The fraction of sp³-hybridized carbons (Fsp3) is 0.286. The number of benzene rings is 1. The molecule has 0 saturated carbocycles. The van der Waals surface area contributed by atoms with E-state index in [4.69, 9.17) is 0 Å². The minimum atomic E-state index is 1.03. The van der Waals surface area contributed by atoms with Crippen molar-refractivity contribution in [3.63, 3.8) is 0 Å². The highest BCUT2D eigenvalue weighted by Gasteiger charge is 2.21. The van der Waals surface area contributed by atoms with Crippen LogP contribution in [0.15, 0.2) is 42.7 Å². The van der Waals surface area contributed by atoms with Gasteiger partial charge in [0, 0.05) is 49.2 Å². The standard InChI is InChI=1S/C21H23N3/c1-15-4-5-20-18(12-15)19-14-23(3)11-8-21(19)24(20)13-16(2)17-6-9-22-10-7-17/h4-7,9-10,12-13H,8,11,14H2,1-3H3/b16-13-.